The summed E-state index contributed by atoms with van der Waals surface area (Å²) in [5, 5.41) is 10.2. The van der Waals surface area contributed by atoms with Crippen molar-refractivity contribution in [1.29, 1.82) is 0 Å². The number of halogens is 1. The van der Waals surface area contributed by atoms with E-state index < -0.39 is 0 Å². The molecule has 0 spiro atoms. The van der Waals surface area contributed by atoms with Gasteiger partial charge in [-0.05, 0) is 62.3 Å². The summed E-state index contributed by atoms with van der Waals surface area (Å²) in [4.78, 5) is 0. The van der Waals surface area contributed by atoms with Gasteiger partial charge in [-0.15, -0.1) is 0 Å². The smallest absolute Gasteiger partial charge is 0.122 e. The van der Waals surface area contributed by atoms with Crippen LogP contribution in [0.15, 0.2) is 6.07 Å². The Morgan fingerprint density at radius 1 is 1.40 bits per heavy atom. The fraction of sp³-hybridized carbons (Fsp3) is 0.625. The molecule has 0 bridgehead atoms. The zero-order valence-electron chi connectivity index (χ0n) is 12.9. The molecule has 114 valence electrons. The molecular weight excluding hydrogens is 274 g/mol. The normalized spacial score (nSPS) is 14.2. The van der Waals surface area contributed by atoms with Crippen molar-refractivity contribution in [2.45, 2.75) is 39.5 Å². The van der Waals surface area contributed by atoms with Crippen molar-refractivity contribution in [2.24, 2.45) is 11.7 Å². The van der Waals surface area contributed by atoms with E-state index in [0.717, 1.165) is 40.3 Å². The minimum Gasteiger partial charge on any atom is -0.496 e. The van der Waals surface area contributed by atoms with Crippen molar-refractivity contribution in [1.82, 2.24) is 0 Å². The lowest BCUT2D eigenvalue weighted by Crippen LogP contribution is -2.21. The first-order chi connectivity index (χ1) is 9.49. The van der Waals surface area contributed by atoms with Crippen LogP contribution in [0, 0.1) is 19.8 Å². The topological polar surface area (TPSA) is 55.5 Å². The van der Waals surface area contributed by atoms with E-state index in [4.69, 9.17) is 22.1 Å². The maximum atomic E-state index is 9.37. The number of aliphatic hydroxyl groups excluding tert-OH is 1. The van der Waals surface area contributed by atoms with Crippen LogP contribution in [-0.2, 0) is 0 Å². The van der Waals surface area contributed by atoms with Crippen molar-refractivity contribution in [3.63, 3.8) is 0 Å². The molecule has 0 fully saturated rings. The molecule has 0 aliphatic carbocycles. The highest BCUT2D eigenvalue weighted by atomic mass is 35.5. The van der Waals surface area contributed by atoms with E-state index in [-0.39, 0.29) is 12.5 Å². The van der Waals surface area contributed by atoms with Gasteiger partial charge in [0.25, 0.3) is 0 Å². The molecule has 4 heteroatoms. The molecule has 1 aromatic carbocycles. The fourth-order valence-corrected chi connectivity index (χ4v) is 2.91. The lowest BCUT2D eigenvalue weighted by atomic mass is 9.84. The maximum Gasteiger partial charge on any atom is 0.122 e. The summed E-state index contributed by atoms with van der Waals surface area (Å²) in [5.74, 6) is 1.29. The number of rotatable bonds is 7. The molecule has 2 unspecified atom stereocenters. The Hall–Kier alpha value is -0.770. The molecule has 0 saturated carbocycles. The predicted octanol–water partition coefficient (Wildman–Crippen LogP) is 3.42. The number of nitrogens with two attached hydrogens (primary N) is 1. The van der Waals surface area contributed by atoms with Gasteiger partial charge < -0.3 is 15.6 Å². The third kappa shape index (κ3) is 3.66. The molecule has 1 aromatic rings. The second-order valence-corrected chi connectivity index (χ2v) is 5.75. The lowest BCUT2D eigenvalue weighted by molar-refractivity contribution is 0.214. The van der Waals surface area contributed by atoms with Crippen LogP contribution >= 0.6 is 11.6 Å². The van der Waals surface area contributed by atoms with E-state index >= 15 is 0 Å². The average molecular weight is 300 g/mol. The quantitative estimate of drug-likeness (QED) is 0.811. The summed E-state index contributed by atoms with van der Waals surface area (Å²) in [6.07, 6.45) is 1.81. The van der Waals surface area contributed by atoms with Crippen molar-refractivity contribution >= 4 is 11.6 Å². The van der Waals surface area contributed by atoms with Crippen LogP contribution < -0.4 is 10.5 Å². The Balaban J connectivity index is 3.23. The van der Waals surface area contributed by atoms with E-state index in [2.05, 4.69) is 6.92 Å². The van der Waals surface area contributed by atoms with Crippen LogP contribution in [0.5, 0.6) is 5.75 Å². The minimum atomic E-state index is 0.115. The van der Waals surface area contributed by atoms with Crippen LogP contribution in [0.2, 0.25) is 5.02 Å². The molecule has 0 aliphatic heterocycles. The van der Waals surface area contributed by atoms with Gasteiger partial charge in [-0.3, -0.25) is 0 Å². The first kappa shape index (κ1) is 17.3. The first-order valence-electron chi connectivity index (χ1n) is 7.14. The monoisotopic (exact) mass is 299 g/mol. The lowest BCUT2D eigenvalue weighted by Gasteiger charge is -2.25. The summed E-state index contributed by atoms with van der Waals surface area (Å²) < 4.78 is 5.54. The number of hydrogen-bond donors (Lipinski definition) is 2. The molecular formula is C16H26ClNO2. The molecule has 3 nitrogen and oxygen atoms in total. The maximum absolute atomic E-state index is 9.37. The standard InChI is InChI=1S/C16H26ClNO2/c1-5-13(7-12(8-18)9-19)15-11(3)16(17)10(2)6-14(15)20-4/h6,12-13,19H,5,7-9,18H2,1-4H3. The predicted molar refractivity (Wildman–Crippen MR) is 84.8 cm³/mol. The number of ether oxygens (including phenoxy) is 1. The second-order valence-electron chi connectivity index (χ2n) is 5.37. The molecule has 0 aliphatic rings. The Labute approximate surface area is 127 Å². The number of benzene rings is 1. The molecule has 2 atom stereocenters. The molecule has 0 radical (unpaired) electrons. The second kappa shape index (κ2) is 7.87. The molecule has 0 saturated heterocycles. The SMILES string of the molecule is CCC(CC(CN)CO)c1c(OC)cc(C)c(Cl)c1C. The van der Waals surface area contributed by atoms with E-state index in [1.165, 1.54) is 0 Å². The van der Waals surface area contributed by atoms with Crippen LogP contribution in [0.3, 0.4) is 0 Å². The largest absolute Gasteiger partial charge is 0.496 e. The van der Waals surface area contributed by atoms with Crippen molar-refractivity contribution < 1.29 is 9.84 Å². The average Bonchev–Trinajstić information content (AvgIpc) is 2.47. The van der Waals surface area contributed by atoms with Gasteiger partial charge in [-0.25, -0.2) is 0 Å². The highest BCUT2D eigenvalue weighted by Gasteiger charge is 2.22. The van der Waals surface area contributed by atoms with E-state index in [1.807, 2.05) is 19.9 Å². The van der Waals surface area contributed by atoms with Crippen molar-refractivity contribution in [2.75, 3.05) is 20.3 Å². The Bertz CT molecular complexity index is 445. The third-order valence-corrected chi connectivity index (χ3v) is 4.60. The zero-order chi connectivity index (χ0) is 15.3. The Morgan fingerprint density at radius 2 is 2.05 bits per heavy atom. The molecule has 0 heterocycles. The third-order valence-electron chi connectivity index (χ3n) is 4.02. The molecule has 20 heavy (non-hydrogen) atoms. The summed E-state index contributed by atoms with van der Waals surface area (Å²) >= 11 is 6.39. The van der Waals surface area contributed by atoms with Gasteiger partial charge in [0.1, 0.15) is 5.75 Å². The molecule has 1 rings (SSSR count). The van der Waals surface area contributed by atoms with Crippen LogP contribution in [0.4, 0.5) is 0 Å². The summed E-state index contributed by atoms with van der Waals surface area (Å²) in [7, 11) is 1.69. The number of aryl methyl sites for hydroxylation is 1. The van der Waals surface area contributed by atoms with Gasteiger partial charge >= 0.3 is 0 Å². The van der Waals surface area contributed by atoms with Gasteiger partial charge in [-0.2, -0.15) is 0 Å². The summed E-state index contributed by atoms with van der Waals surface area (Å²) in [5.41, 5.74) is 8.96. The number of aliphatic hydroxyl groups is 1. The minimum absolute atomic E-state index is 0.115. The summed E-state index contributed by atoms with van der Waals surface area (Å²) in [6, 6.07) is 1.99. The number of methoxy groups -OCH3 is 1. The van der Waals surface area contributed by atoms with Crippen LogP contribution in [-0.4, -0.2) is 25.4 Å². The fourth-order valence-electron chi connectivity index (χ4n) is 2.75. The van der Waals surface area contributed by atoms with E-state index in [9.17, 15) is 5.11 Å². The van der Waals surface area contributed by atoms with Gasteiger partial charge in [0.2, 0.25) is 0 Å². The van der Waals surface area contributed by atoms with E-state index in [0.29, 0.717) is 12.5 Å². The highest BCUT2D eigenvalue weighted by molar-refractivity contribution is 6.32. The van der Waals surface area contributed by atoms with Gasteiger partial charge in [0.05, 0.1) is 7.11 Å². The van der Waals surface area contributed by atoms with Gasteiger partial charge in [0, 0.05) is 17.2 Å². The molecule has 0 amide bonds. The van der Waals surface area contributed by atoms with Crippen molar-refractivity contribution in [3.05, 3.63) is 27.8 Å². The van der Waals surface area contributed by atoms with E-state index in [1.54, 1.807) is 7.11 Å². The van der Waals surface area contributed by atoms with Gasteiger partial charge in [0.15, 0.2) is 0 Å². The van der Waals surface area contributed by atoms with Crippen LogP contribution in [0.1, 0.15) is 42.4 Å². The molecule has 3 N–H and O–H groups in total. The first-order valence-corrected chi connectivity index (χ1v) is 7.52. The summed E-state index contributed by atoms with van der Waals surface area (Å²) in [6.45, 7) is 6.77. The van der Waals surface area contributed by atoms with Crippen LogP contribution in [0.25, 0.3) is 0 Å². The molecule has 0 aromatic heterocycles. The number of hydrogen-bond acceptors (Lipinski definition) is 3. The highest BCUT2D eigenvalue weighted by Crippen LogP contribution is 2.40. The Morgan fingerprint density at radius 3 is 2.50 bits per heavy atom. The van der Waals surface area contributed by atoms with Gasteiger partial charge in [-0.1, -0.05) is 18.5 Å². The van der Waals surface area contributed by atoms with Crippen molar-refractivity contribution in [3.8, 4) is 5.75 Å². The Kier molecular flexibility index (Phi) is 6.80. The zero-order valence-corrected chi connectivity index (χ0v) is 13.6.